The molecule has 2 aromatic rings. The van der Waals surface area contributed by atoms with Gasteiger partial charge in [-0.2, -0.15) is 0 Å². The predicted octanol–water partition coefficient (Wildman–Crippen LogP) is 4.47. The van der Waals surface area contributed by atoms with E-state index in [-0.39, 0.29) is 29.7 Å². The van der Waals surface area contributed by atoms with Crippen LogP contribution in [-0.2, 0) is 23.9 Å². The largest absolute Gasteiger partial charge is 0.452 e. The normalized spacial score (nSPS) is 18.7. The zero-order chi connectivity index (χ0) is 32.6. The number of benzene rings is 1. The topological polar surface area (TPSA) is 130 Å². The molecule has 3 amide bonds. The Morgan fingerprint density at radius 1 is 1.07 bits per heavy atom. The highest BCUT2D eigenvalue weighted by atomic mass is 16.5. The first-order chi connectivity index (χ1) is 20.9. The fourth-order valence-corrected chi connectivity index (χ4v) is 5.09. The van der Waals surface area contributed by atoms with Gasteiger partial charge < -0.3 is 15.4 Å². The molecular formula is C34H47N5O5. The first kappa shape index (κ1) is 34.4. The number of rotatable bonds is 12. The summed E-state index contributed by atoms with van der Waals surface area (Å²) in [5, 5.41) is 9.15. The number of fused-ring (bicyclic) bond motifs is 1. The quantitative estimate of drug-likeness (QED) is 0.240. The fraction of sp³-hybridized carbons (Fsp3) is 0.500. The second kappa shape index (κ2) is 15.6. The number of allylic oxidation sites excluding steroid dienone is 2. The number of carbonyl (C=O) groups is 4. The Balaban J connectivity index is 1.59. The smallest absolute Gasteiger partial charge is 0.310 e. The molecule has 2 heterocycles. The zero-order valence-corrected chi connectivity index (χ0v) is 26.9. The van der Waals surface area contributed by atoms with Gasteiger partial charge in [0.15, 0.2) is 6.10 Å². The first-order valence-corrected chi connectivity index (χ1v) is 15.4. The Morgan fingerprint density at radius 2 is 1.80 bits per heavy atom. The molecule has 2 unspecified atom stereocenters. The Morgan fingerprint density at radius 3 is 2.45 bits per heavy atom. The van der Waals surface area contributed by atoms with E-state index in [2.05, 4.69) is 27.6 Å². The lowest BCUT2D eigenvalue weighted by molar-refractivity contribution is -0.163. The van der Waals surface area contributed by atoms with Crippen LogP contribution in [0.3, 0.4) is 0 Å². The number of nitrogens with one attached hydrogen (secondary N) is 3. The number of hydrazine groups is 1. The van der Waals surface area contributed by atoms with Crippen LogP contribution in [0.25, 0.3) is 16.8 Å². The standard InChI is InChI=1S/C34H47N5O5/c1-9-12-21(5)22(6)34(43)44-30(20(3)4)32(41)37-24(8)33(42)39-16-11-13-29(38-39)31(40)36-23(7)25-14-15-26-19-35-28(10-2)18-27(26)17-25/h9-10,12,14-15,17-24,29-30,38H,2,11,13,16H2,1,3-8H3,(H,36,40)(H,37,41)/t21?,22?,23-,24+,29+,30+/m1/s1. The summed E-state index contributed by atoms with van der Waals surface area (Å²) in [5.41, 5.74) is 4.76. The lowest BCUT2D eigenvalue weighted by atomic mass is 9.95. The molecule has 0 spiro atoms. The number of hydrogen-bond acceptors (Lipinski definition) is 7. The van der Waals surface area contributed by atoms with E-state index in [4.69, 9.17) is 4.74 Å². The van der Waals surface area contributed by atoms with Crippen LogP contribution in [0.5, 0.6) is 0 Å². The molecular weight excluding hydrogens is 558 g/mol. The van der Waals surface area contributed by atoms with E-state index in [0.717, 1.165) is 22.0 Å². The second-order valence-electron chi connectivity index (χ2n) is 12.0. The van der Waals surface area contributed by atoms with Crippen molar-refractivity contribution in [1.29, 1.82) is 0 Å². The van der Waals surface area contributed by atoms with Crippen LogP contribution in [-0.4, -0.2) is 58.4 Å². The highest BCUT2D eigenvalue weighted by molar-refractivity contribution is 5.91. The van der Waals surface area contributed by atoms with Gasteiger partial charge in [-0.1, -0.05) is 58.6 Å². The molecule has 1 saturated heterocycles. The van der Waals surface area contributed by atoms with E-state index < -0.39 is 36.0 Å². The van der Waals surface area contributed by atoms with Crippen molar-refractivity contribution in [3.05, 3.63) is 60.5 Å². The molecule has 238 valence electrons. The maximum Gasteiger partial charge on any atom is 0.310 e. The maximum atomic E-state index is 13.3. The number of carbonyl (C=O) groups excluding carboxylic acids is 4. The molecule has 0 aliphatic carbocycles. The summed E-state index contributed by atoms with van der Waals surface area (Å²) >= 11 is 0. The zero-order valence-electron chi connectivity index (χ0n) is 26.9. The Labute approximate surface area is 260 Å². The molecule has 6 atom stereocenters. The molecule has 3 rings (SSSR count). The second-order valence-corrected chi connectivity index (χ2v) is 12.0. The number of pyridine rings is 1. The molecule has 0 saturated carbocycles. The summed E-state index contributed by atoms with van der Waals surface area (Å²) in [6.07, 6.45) is 7.41. The van der Waals surface area contributed by atoms with Crippen molar-refractivity contribution in [2.24, 2.45) is 17.8 Å². The van der Waals surface area contributed by atoms with E-state index in [1.54, 1.807) is 40.0 Å². The highest BCUT2D eigenvalue weighted by Gasteiger charge is 2.34. The van der Waals surface area contributed by atoms with E-state index in [0.29, 0.717) is 19.4 Å². The number of ether oxygens (including phenoxy) is 1. The molecule has 44 heavy (non-hydrogen) atoms. The van der Waals surface area contributed by atoms with Crippen LogP contribution in [0, 0.1) is 17.8 Å². The van der Waals surface area contributed by atoms with Crippen molar-refractivity contribution in [3.63, 3.8) is 0 Å². The average Bonchev–Trinajstić information content (AvgIpc) is 3.01. The average molecular weight is 606 g/mol. The van der Waals surface area contributed by atoms with Crippen LogP contribution in [0.2, 0.25) is 0 Å². The lowest BCUT2D eigenvalue weighted by Crippen LogP contribution is -2.61. The Hall–Kier alpha value is -4.05. The van der Waals surface area contributed by atoms with Crippen molar-refractivity contribution >= 4 is 40.5 Å². The summed E-state index contributed by atoms with van der Waals surface area (Å²) in [4.78, 5) is 56.7. The molecule has 3 N–H and O–H groups in total. The van der Waals surface area contributed by atoms with Crippen molar-refractivity contribution in [2.45, 2.75) is 85.5 Å². The van der Waals surface area contributed by atoms with Crippen LogP contribution in [0.15, 0.2) is 49.2 Å². The summed E-state index contributed by atoms with van der Waals surface area (Å²) in [5.74, 6) is -2.37. The van der Waals surface area contributed by atoms with Gasteiger partial charge in [0, 0.05) is 18.1 Å². The van der Waals surface area contributed by atoms with E-state index in [1.165, 1.54) is 5.01 Å². The molecule has 10 heteroatoms. The van der Waals surface area contributed by atoms with Gasteiger partial charge in [-0.05, 0) is 74.6 Å². The Kier molecular flexibility index (Phi) is 12.2. The van der Waals surface area contributed by atoms with Gasteiger partial charge >= 0.3 is 5.97 Å². The van der Waals surface area contributed by atoms with Gasteiger partial charge in [0.1, 0.15) is 12.1 Å². The van der Waals surface area contributed by atoms with Crippen LogP contribution < -0.4 is 16.1 Å². The van der Waals surface area contributed by atoms with Gasteiger partial charge in [0.05, 0.1) is 17.7 Å². The third-order valence-electron chi connectivity index (χ3n) is 8.10. The van der Waals surface area contributed by atoms with Gasteiger partial charge in [-0.15, -0.1) is 0 Å². The number of amides is 3. The summed E-state index contributed by atoms with van der Waals surface area (Å²) in [6.45, 7) is 16.8. The van der Waals surface area contributed by atoms with Gasteiger partial charge in [0.2, 0.25) is 5.91 Å². The minimum Gasteiger partial charge on any atom is -0.452 e. The molecule has 1 aromatic heterocycles. The SMILES string of the molecule is C=Cc1cc2cc([C@@H](C)NC(=O)[C@@H]3CCCN(C(=O)[C@H](C)NC(=O)[C@@H](OC(=O)C(C)C(C)C=CC)C(C)C)N3)ccc2cn1. The predicted molar refractivity (Wildman–Crippen MR) is 172 cm³/mol. The number of aromatic nitrogens is 1. The van der Waals surface area contributed by atoms with Crippen LogP contribution in [0.4, 0.5) is 0 Å². The van der Waals surface area contributed by atoms with Gasteiger partial charge in [-0.3, -0.25) is 29.2 Å². The minimum absolute atomic E-state index is 0.0437. The Bertz CT molecular complexity index is 1390. The highest BCUT2D eigenvalue weighted by Crippen LogP contribution is 2.22. The molecule has 1 aromatic carbocycles. The number of hydrogen-bond donors (Lipinski definition) is 3. The molecule has 1 aliphatic rings. The first-order valence-electron chi connectivity index (χ1n) is 15.4. The number of nitrogens with zero attached hydrogens (tertiary/aromatic N) is 2. The monoisotopic (exact) mass is 605 g/mol. The van der Waals surface area contributed by atoms with Crippen molar-refractivity contribution < 1.29 is 23.9 Å². The molecule has 1 aliphatic heterocycles. The minimum atomic E-state index is -1.04. The molecule has 1 fully saturated rings. The van der Waals surface area contributed by atoms with Crippen molar-refractivity contribution in [2.75, 3.05) is 6.54 Å². The van der Waals surface area contributed by atoms with Gasteiger partial charge in [-0.25, -0.2) is 5.43 Å². The van der Waals surface area contributed by atoms with E-state index in [9.17, 15) is 19.2 Å². The fourth-order valence-electron chi connectivity index (χ4n) is 5.09. The van der Waals surface area contributed by atoms with Crippen molar-refractivity contribution in [1.82, 2.24) is 26.1 Å². The van der Waals surface area contributed by atoms with Crippen LogP contribution in [0.1, 0.15) is 78.6 Å². The van der Waals surface area contributed by atoms with Crippen molar-refractivity contribution in [3.8, 4) is 0 Å². The third kappa shape index (κ3) is 8.75. The summed E-state index contributed by atoms with van der Waals surface area (Å²) < 4.78 is 5.60. The van der Waals surface area contributed by atoms with E-state index >= 15 is 0 Å². The lowest BCUT2D eigenvalue weighted by Gasteiger charge is -2.35. The maximum absolute atomic E-state index is 13.3. The number of esters is 1. The summed E-state index contributed by atoms with van der Waals surface area (Å²) in [6, 6.07) is 6.13. The van der Waals surface area contributed by atoms with E-state index in [1.807, 2.05) is 57.2 Å². The third-order valence-corrected chi connectivity index (χ3v) is 8.10. The molecule has 10 nitrogen and oxygen atoms in total. The van der Waals surface area contributed by atoms with Gasteiger partial charge in [0.25, 0.3) is 11.8 Å². The van der Waals surface area contributed by atoms with Crippen LogP contribution >= 0.6 is 0 Å². The summed E-state index contributed by atoms with van der Waals surface area (Å²) in [7, 11) is 0. The molecule has 0 bridgehead atoms. The molecule has 0 radical (unpaired) electrons.